The second kappa shape index (κ2) is 7.16. The SMILES string of the molecule is CN=C(NCc1cc(F)ccc1Br)NCc1ncnn1C. The largest absolute Gasteiger partial charge is 0.352 e. The molecule has 112 valence electrons. The summed E-state index contributed by atoms with van der Waals surface area (Å²) in [5, 5.41) is 10.2. The highest BCUT2D eigenvalue weighted by Gasteiger charge is 2.05. The minimum Gasteiger partial charge on any atom is -0.352 e. The summed E-state index contributed by atoms with van der Waals surface area (Å²) in [6, 6.07) is 4.57. The van der Waals surface area contributed by atoms with E-state index in [1.165, 1.54) is 18.5 Å². The Morgan fingerprint density at radius 2 is 2.14 bits per heavy atom. The highest BCUT2D eigenvalue weighted by molar-refractivity contribution is 9.10. The summed E-state index contributed by atoms with van der Waals surface area (Å²) in [4.78, 5) is 8.23. The van der Waals surface area contributed by atoms with Crippen molar-refractivity contribution in [1.29, 1.82) is 0 Å². The third kappa shape index (κ3) is 4.25. The molecule has 1 aromatic carbocycles. The van der Waals surface area contributed by atoms with Gasteiger partial charge in [-0.05, 0) is 23.8 Å². The number of guanidine groups is 1. The monoisotopic (exact) mass is 354 g/mol. The van der Waals surface area contributed by atoms with Gasteiger partial charge in [-0.15, -0.1) is 0 Å². The maximum atomic E-state index is 13.2. The molecule has 0 bridgehead atoms. The van der Waals surface area contributed by atoms with Crippen LogP contribution < -0.4 is 10.6 Å². The second-order valence-electron chi connectivity index (χ2n) is 4.31. The van der Waals surface area contributed by atoms with Crippen molar-refractivity contribution in [3.8, 4) is 0 Å². The molecule has 0 fully saturated rings. The van der Waals surface area contributed by atoms with Gasteiger partial charge in [-0.25, -0.2) is 9.37 Å². The molecular formula is C13H16BrFN6. The fourth-order valence-electron chi connectivity index (χ4n) is 1.72. The maximum absolute atomic E-state index is 13.2. The predicted octanol–water partition coefficient (Wildman–Crippen LogP) is 1.58. The van der Waals surface area contributed by atoms with Gasteiger partial charge in [-0.3, -0.25) is 9.67 Å². The van der Waals surface area contributed by atoms with Crippen molar-refractivity contribution in [1.82, 2.24) is 25.4 Å². The predicted molar refractivity (Wildman–Crippen MR) is 82.1 cm³/mol. The third-order valence-electron chi connectivity index (χ3n) is 2.90. The van der Waals surface area contributed by atoms with E-state index in [0.717, 1.165) is 15.9 Å². The molecule has 0 aliphatic carbocycles. The summed E-state index contributed by atoms with van der Waals surface area (Å²) < 4.78 is 15.8. The van der Waals surface area contributed by atoms with E-state index >= 15 is 0 Å². The molecule has 0 spiro atoms. The summed E-state index contributed by atoms with van der Waals surface area (Å²) in [7, 11) is 3.50. The van der Waals surface area contributed by atoms with Crippen LogP contribution in [0.1, 0.15) is 11.4 Å². The smallest absolute Gasteiger partial charge is 0.191 e. The molecule has 0 amide bonds. The molecule has 0 atom stereocenters. The number of benzene rings is 1. The molecule has 8 heteroatoms. The number of halogens is 2. The average molecular weight is 355 g/mol. The lowest BCUT2D eigenvalue weighted by atomic mass is 10.2. The lowest BCUT2D eigenvalue weighted by Gasteiger charge is -2.12. The summed E-state index contributed by atoms with van der Waals surface area (Å²) in [6.07, 6.45) is 1.50. The van der Waals surface area contributed by atoms with Crippen LogP contribution in [-0.2, 0) is 20.1 Å². The molecule has 2 N–H and O–H groups in total. The minimum atomic E-state index is -0.267. The molecule has 0 unspecified atom stereocenters. The van der Waals surface area contributed by atoms with Crippen LogP contribution in [0.4, 0.5) is 4.39 Å². The van der Waals surface area contributed by atoms with Crippen LogP contribution in [0.2, 0.25) is 0 Å². The van der Waals surface area contributed by atoms with Crippen LogP contribution in [0.25, 0.3) is 0 Å². The van der Waals surface area contributed by atoms with Gasteiger partial charge in [-0.2, -0.15) is 5.10 Å². The van der Waals surface area contributed by atoms with E-state index in [1.54, 1.807) is 17.8 Å². The van der Waals surface area contributed by atoms with E-state index in [9.17, 15) is 4.39 Å². The van der Waals surface area contributed by atoms with E-state index < -0.39 is 0 Å². The first kappa shape index (κ1) is 15.4. The van der Waals surface area contributed by atoms with Crippen molar-refractivity contribution in [2.45, 2.75) is 13.1 Å². The fourth-order valence-corrected chi connectivity index (χ4v) is 2.11. The zero-order chi connectivity index (χ0) is 15.2. The van der Waals surface area contributed by atoms with Crippen molar-refractivity contribution in [2.24, 2.45) is 12.0 Å². The van der Waals surface area contributed by atoms with Gasteiger partial charge >= 0.3 is 0 Å². The van der Waals surface area contributed by atoms with Gasteiger partial charge in [0.05, 0.1) is 6.54 Å². The van der Waals surface area contributed by atoms with Crippen molar-refractivity contribution in [2.75, 3.05) is 7.05 Å². The fraction of sp³-hybridized carbons (Fsp3) is 0.308. The van der Waals surface area contributed by atoms with Crippen molar-refractivity contribution in [3.63, 3.8) is 0 Å². The standard InChI is InChI=1S/C13H16BrFN6/c1-16-13(18-7-12-19-8-20-21(12)2)17-6-9-5-10(15)3-4-11(9)14/h3-5,8H,6-7H2,1-2H3,(H2,16,17,18). The Balaban J connectivity index is 1.91. The molecule has 1 aromatic heterocycles. The molecular weight excluding hydrogens is 339 g/mol. The van der Waals surface area contributed by atoms with Gasteiger partial charge in [0.15, 0.2) is 5.96 Å². The lowest BCUT2D eigenvalue weighted by molar-refractivity contribution is 0.623. The van der Waals surface area contributed by atoms with Crippen molar-refractivity contribution in [3.05, 3.63) is 46.2 Å². The van der Waals surface area contributed by atoms with Crippen LogP contribution in [0.5, 0.6) is 0 Å². The van der Waals surface area contributed by atoms with Gasteiger partial charge in [0.25, 0.3) is 0 Å². The Morgan fingerprint density at radius 3 is 2.81 bits per heavy atom. The zero-order valence-corrected chi connectivity index (χ0v) is 13.4. The molecule has 0 saturated heterocycles. The van der Waals surface area contributed by atoms with Crippen molar-refractivity contribution >= 4 is 21.9 Å². The van der Waals surface area contributed by atoms with Crippen LogP contribution in [-0.4, -0.2) is 27.8 Å². The maximum Gasteiger partial charge on any atom is 0.191 e. The Bertz CT molecular complexity index is 639. The number of hydrogen-bond donors (Lipinski definition) is 2. The molecule has 2 aromatic rings. The first-order valence-corrected chi connectivity index (χ1v) is 7.10. The van der Waals surface area contributed by atoms with Gasteiger partial charge < -0.3 is 10.6 Å². The number of aryl methyl sites for hydroxylation is 1. The first-order valence-electron chi connectivity index (χ1n) is 6.31. The Kier molecular flexibility index (Phi) is 5.26. The van der Waals surface area contributed by atoms with E-state index in [1.807, 2.05) is 7.05 Å². The molecule has 21 heavy (non-hydrogen) atoms. The molecule has 6 nitrogen and oxygen atoms in total. The molecule has 0 aliphatic rings. The number of nitrogens with zero attached hydrogens (tertiary/aromatic N) is 4. The van der Waals surface area contributed by atoms with E-state index in [2.05, 4.69) is 41.6 Å². The first-order chi connectivity index (χ1) is 10.1. The van der Waals surface area contributed by atoms with Gasteiger partial charge in [0.2, 0.25) is 0 Å². The highest BCUT2D eigenvalue weighted by atomic mass is 79.9. The number of hydrogen-bond acceptors (Lipinski definition) is 3. The Labute approximate surface area is 130 Å². The summed E-state index contributed by atoms with van der Waals surface area (Å²) >= 11 is 3.39. The molecule has 2 rings (SSSR count). The molecule has 1 heterocycles. The second-order valence-corrected chi connectivity index (χ2v) is 5.17. The zero-order valence-electron chi connectivity index (χ0n) is 11.8. The number of aliphatic imine (C=N–C) groups is 1. The van der Waals surface area contributed by atoms with E-state index in [4.69, 9.17) is 0 Å². The van der Waals surface area contributed by atoms with E-state index in [0.29, 0.717) is 19.0 Å². The summed E-state index contributed by atoms with van der Waals surface area (Å²) in [5.74, 6) is 1.14. The van der Waals surface area contributed by atoms with Crippen LogP contribution in [0.15, 0.2) is 34.0 Å². The summed E-state index contributed by atoms with van der Waals surface area (Å²) in [5.41, 5.74) is 0.816. The highest BCUT2D eigenvalue weighted by Crippen LogP contribution is 2.17. The van der Waals surface area contributed by atoms with Crippen LogP contribution >= 0.6 is 15.9 Å². The molecule has 0 aliphatic heterocycles. The Morgan fingerprint density at radius 1 is 1.38 bits per heavy atom. The topological polar surface area (TPSA) is 67.1 Å². The normalized spacial score (nSPS) is 11.5. The molecule has 0 radical (unpaired) electrons. The summed E-state index contributed by atoms with van der Waals surface area (Å²) in [6.45, 7) is 0.956. The number of aromatic nitrogens is 3. The van der Waals surface area contributed by atoms with Gasteiger partial charge in [-0.1, -0.05) is 15.9 Å². The van der Waals surface area contributed by atoms with Gasteiger partial charge in [0, 0.05) is 25.1 Å². The van der Waals surface area contributed by atoms with Crippen LogP contribution in [0, 0.1) is 5.82 Å². The molecule has 0 saturated carbocycles. The van der Waals surface area contributed by atoms with E-state index in [-0.39, 0.29) is 5.82 Å². The van der Waals surface area contributed by atoms with Gasteiger partial charge in [0.1, 0.15) is 18.0 Å². The Hall–Kier alpha value is -1.96. The van der Waals surface area contributed by atoms with Crippen molar-refractivity contribution < 1.29 is 4.39 Å². The number of rotatable bonds is 4. The lowest BCUT2D eigenvalue weighted by Crippen LogP contribution is -2.37. The average Bonchev–Trinajstić information content (AvgIpc) is 2.88. The third-order valence-corrected chi connectivity index (χ3v) is 3.67. The van der Waals surface area contributed by atoms with Crippen LogP contribution in [0.3, 0.4) is 0 Å². The minimum absolute atomic E-state index is 0.267. The quantitative estimate of drug-likeness (QED) is 0.646. The number of nitrogens with one attached hydrogen (secondary N) is 2.